The third-order valence-electron chi connectivity index (χ3n) is 4.26. The second-order valence-corrected chi connectivity index (χ2v) is 7.65. The van der Waals surface area contributed by atoms with E-state index in [1.54, 1.807) is 36.4 Å². The molecule has 4 aromatic carbocycles. The molecule has 0 aliphatic carbocycles. The van der Waals surface area contributed by atoms with Crippen molar-refractivity contribution in [2.45, 2.75) is 0 Å². The van der Waals surface area contributed by atoms with Crippen molar-refractivity contribution < 1.29 is 9.53 Å². The minimum absolute atomic E-state index is 0.339. The fraction of sp³-hybridized carbons (Fsp3) is 0. The maximum Gasteiger partial charge on any atom is 0.255 e. The van der Waals surface area contributed by atoms with Crippen molar-refractivity contribution in [3.8, 4) is 11.5 Å². The average molecular weight is 443 g/mol. The molecule has 0 unspecified atom stereocenters. The Bertz CT molecular complexity index is 1200. The maximum atomic E-state index is 12.4. The van der Waals surface area contributed by atoms with Crippen LogP contribution in [0.3, 0.4) is 0 Å². The number of halogens is 3. The molecule has 0 spiro atoms. The van der Waals surface area contributed by atoms with Crippen LogP contribution in [0.5, 0.6) is 11.5 Å². The molecule has 4 rings (SSSR count). The highest BCUT2D eigenvalue weighted by molar-refractivity contribution is 6.35. The quantitative estimate of drug-likeness (QED) is 0.349. The lowest BCUT2D eigenvalue weighted by atomic mass is 10.1. The minimum Gasteiger partial charge on any atom is -0.456 e. The molecular formula is C23H14Cl3NO2. The van der Waals surface area contributed by atoms with E-state index < -0.39 is 0 Å². The smallest absolute Gasteiger partial charge is 0.255 e. The van der Waals surface area contributed by atoms with E-state index in [2.05, 4.69) is 5.32 Å². The van der Waals surface area contributed by atoms with Crippen molar-refractivity contribution in [2.75, 3.05) is 5.32 Å². The van der Waals surface area contributed by atoms with E-state index in [0.717, 1.165) is 10.8 Å². The van der Waals surface area contributed by atoms with Crippen molar-refractivity contribution >= 4 is 57.2 Å². The molecular weight excluding hydrogens is 429 g/mol. The van der Waals surface area contributed by atoms with Crippen molar-refractivity contribution in [1.29, 1.82) is 0 Å². The van der Waals surface area contributed by atoms with E-state index >= 15 is 0 Å². The van der Waals surface area contributed by atoms with Crippen molar-refractivity contribution in [2.24, 2.45) is 0 Å². The van der Waals surface area contributed by atoms with E-state index in [1.165, 1.54) is 0 Å². The minimum atomic E-state index is -0.339. The summed E-state index contributed by atoms with van der Waals surface area (Å²) >= 11 is 18.3. The van der Waals surface area contributed by atoms with Gasteiger partial charge in [-0.15, -0.1) is 0 Å². The summed E-state index contributed by atoms with van der Waals surface area (Å²) in [7, 11) is 0. The Morgan fingerprint density at radius 3 is 2.21 bits per heavy atom. The lowest BCUT2D eigenvalue weighted by molar-refractivity contribution is 0.102. The number of rotatable bonds is 4. The second-order valence-electron chi connectivity index (χ2n) is 6.37. The van der Waals surface area contributed by atoms with E-state index in [9.17, 15) is 4.79 Å². The highest BCUT2D eigenvalue weighted by atomic mass is 35.5. The number of benzene rings is 4. The van der Waals surface area contributed by atoms with Crippen LogP contribution in [0.15, 0.2) is 78.9 Å². The van der Waals surface area contributed by atoms with E-state index in [0.29, 0.717) is 37.8 Å². The lowest BCUT2D eigenvalue weighted by Gasteiger charge is -2.11. The van der Waals surface area contributed by atoms with E-state index in [4.69, 9.17) is 39.5 Å². The van der Waals surface area contributed by atoms with Crippen LogP contribution >= 0.6 is 34.8 Å². The number of carbonyl (C=O) groups is 1. The molecule has 3 nitrogen and oxygen atoms in total. The molecule has 0 heterocycles. The topological polar surface area (TPSA) is 38.3 Å². The van der Waals surface area contributed by atoms with Gasteiger partial charge in [0, 0.05) is 21.3 Å². The first-order valence-corrected chi connectivity index (χ1v) is 9.85. The molecule has 6 heteroatoms. The molecule has 29 heavy (non-hydrogen) atoms. The van der Waals surface area contributed by atoms with Crippen molar-refractivity contribution in [3.05, 3.63) is 99.5 Å². The summed E-state index contributed by atoms with van der Waals surface area (Å²) < 4.78 is 5.91. The summed E-state index contributed by atoms with van der Waals surface area (Å²) in [5, 5.41) is 6.13. The van der Waals surface area contributed by atoms with Gasteiger partial charge in [0.15, 0.2) is 0 Å². The Kier molecular flexibility index (Phi) is 5.63. The number of anilines is 1. The van der Waals surface area contributed by atoms with E-state index in [-0.39, 0.29) is 5.91 Å². The number of nitrogens with one attached hydrogen (secondary N) is 1. The summed E-state index contributed by atoms with van der Waals surface area (Å²) in [4.78, 5) is 12.4. The highest BCUT2D eigenvalue weighted by Crippen LogP contribution is 2.33. The molecule has 0 radical (unpaired) electrons. The van der Waals surface area contributed by atoms with Crippen molar-refractivity contribution in [1.82, 2.24) is 0 Å². The zero-order chi connectivity index (χ0) is 20.4. The third-order valence-corrected chi connectivity index (χ3v) is 5.00. The van der Waals surface area contributed by atoms with Crippen LogP contribution in [0.4, 0.5) is 5.69 Å². The fourth-order valence-corrected chi connectivity index (χ4v) is 3.65. The summed E-state index contributed by atoms with van der Waals surface area (Å²) in [6.45, 7) is 0. The Morgan fingerprint density at radius 2 is 1.48 bits per heavy atom. The standard InChI is InChI=1S/C23H14Cl3NO2/c24-17-9-16(10-18(25)12-17)23(28)27-19-6-8-22(21(26)13-19)29-20-7-5-14-3-1-2-4-15(14)11-20/h1-13H,(H,27,28). The molecule has 4 aromatic rings. The van der Waals surface area contributed by atoms with Gasteiger partial charge in [0.05, 0.1) is 5.02 Å². The first kappa shape index (κ1) is 19.6. The molecule has 0 saturated heterocycles. The fourth-order valence-electron chi connectivity index (χ4n) is 2.91. The number of amides is 1. The molecule has 0 bridgehead atoms. The number of ether oxygens (including phenoxy) is 1. The normalized spacial score (nSPS) is 10.7. The molecule has 0 aliphatic rings. The molecule has 144 valence electrons. The Labute approximate surface area is 182 Å². The van der Waals surface area contributed by atoms with Crippen LogP contribution in [-0.4, -0.2) is 5.91 Å². The Hall–Kier alpha value is -2.72. The van der Waals surface area contributed by atoms with Crippen molar-refractivity contribution in [3.63, 3.8) is 0 Å². The van der Waals surface area contributed by atoms with Crippen LogP contribution in [-0.2, 0) is 0 Å². The summed E-state index contributed by atoms with van der Waals surface area (Å²) in [5.41, 5.74) is 0.886. The predicted molar refractivity (Wildman–Crippen MR) is 120 cm³/mol. The van der Waals surface area contributed by atoms with Gasteiger partial charge in [0.2, 0.25) is 0 Å². The van der Waals surface area contributed by atoms with E-state index in [1.807, 2.05) is 42.5 Å². The van der Waals surface area contributed by atoms with Crippen LogP contribution in [0.1, 0.15) is 10.4 Å². The molecule has 0 aliphatic heterocycles. The van der Waals surface area contributed by atoms with Gasteiger partial charge in [-0.25, -0.2) is 0 Å². The van der Waals surface area contributed by atoms with Gasteiger partial charge in [0.1, 0.15) is 11.5 Å². The third kappa shape index (κ3) is 4.65. The highest BCUT2D eigenvalue weighted by Gasteiger charge is 2.11. The molecule has 0 saturated carbocycles. The van der Waals surface area contributed by atoms with Crippen LogP contribution in [0, 0.1) is 0 Å². The number of hydrogen-bond acceptors (Lipinski definition) is 2. The van der Waals surface area contributed by atoms with Crippen LogP contribution in [0.25, 0.3) is 10.8 Å². The summed E-state index contributed by atoms with van der Waals surface area (Å²) in [6.07, 6.45) is 0. The average Bonchev–Trinajstić information content (AvgIpc) is 2.69. The largest absolute Gasteiger partial charge is 0.456 e. The molecule has 1 amide bonds. The van der Waals surface area contributed by atoms with Gasteiger partial charge in [-0.3, -0.25) is 4.79 Å². The molecule has 0 fully saturated rings. The zero-order valence-electron chi connectivity index (χ0n) is 15.0. The Morgan fingerprint density at radius 1 is 0.759 bits per heavy atom. The lowest BCUT2D eigenvalue weighted by Crippen LogP contribution is -2.11. The van der Waals surface area contributed by atoms with Gasteiger partial charge in [-0.2, -0.15) is 0 Å². The molecule has 1 N–H and O–H groups in total. The van der Waals surface area contributed by atoms with Crippen LogP contribution in [0.2, 0.25) is 15.1 Å². The molecule has 0 atom stereocenters. The van der Waals surface area contributed by atoms with Crippen LogP contribution < -0.4 is 10.1 Å². The monoisotopic (exact) mass is 441 g/mol. The van der Waals surface area contributed by atoms with Gasteiger partial charge < -0.3 is 10.1 Å². The maximum absolute atomic E-state index is 12.4. The molecule has 0 aromatic heterocycles. The number of carbonyl (C=O) groups excluding carboxylic acids is 1. The zero-order valence-corrected chi connectivity index (χ0v) is 17.2. The number of fused-ring (bicyclic) bond motifs is 1. The van der Waals surface area contributed by atoms with Gasteiger partial charge in [0.25, 0.3) is 5.91 Å². The first-order valence-electron chi connectivity index (χ1n) is 8.71. The van der Waals surface area contributed by atoms with Gasteiger partial charge in [-0.05, 0) is 59.3 Å². The Balaban J connectivity index is 1.51. The SMILES string of the molecule is O=C(Nc1ccc(Oc2ccc3ccccc3c2)c(Cl)c1)c1cc(Cl)cc(Cl)c1. The predicted octanol–water partition coefficient (Wildman–Crippen LogP) is 7.84. The second kappa shape index (κ2) is 8.34. The first-order chi connectivity index (χ1) is 14.0. The summed E-state index contributed by atoms with van der Waals surface area (Å²) in [6, 6.07) is 23.5. The summed E-state index contributed by atoms with van der Waals surface area (Å²) in [5.74, 6) is 0.829. The van der Waals surface area contributed by atoms with Gasteiger partial charge >= 0.3 is 0 Å². The van der Waals surface area contributed by atoms with Gasteiger partial charge in [-0.1, -0.05) is 65.1 Å². The number of hydrogen-bond donors (Lipinski definition) is 1.